The van der Waals surface area contributed by atoms with Gasteiger partial charge in [-0.05, 0) is 68.7 Å². The van der Waals surface area contributed by atoms with Crippen molar-refractivity contribution >= 4 is 29.1 Å². The topological polar surface area (TPSA) is 135 Å². The van der Waals surface area contributed by atoms with E-state index in [1.165, 1.54) is 28.0 Å². The fourth-order valence-corrected chi connectivity index (χ4v) is 6.18. The molecule has 4 aromatic rings. The minimum Gasteiger partial charge on any atom is -0.493 e. The number of rotatable bonds is 11. The minimum atomic E-state index is -0.823. The smallest absolute Gasteiger partial charge is 0.338 e. The number of hydrogen-bond acceptors (Lipinski definition) is 10. The maximum atomic E-state index is 14.0. The number of carbonyl (C=O) groups excluding carboxylic acids is 1. The molecule has 0 radical (unpaired) electrons. The molecule has 0 unspecified atom stereocenters. The number of nitro benzene ring substituents is 1. The Morgan fingerprint density at radius 2 is 1.93 bits per heavy atom. The van der Waals surface area contributed by atoms with Crippen molar-refractivity contribution in [2.75, 3.05) is 20.3 Å². The van der Waals surface area contributed by atoms with Gasteiger partial charge in [-0.2, -0.15) is 0 Å². The SMILES string of the molecule is CCCCOc1ccc([C@@H]2C(C(=O)OCC)=C(C)N=c3s/c(=C/c4ccc(-c5ccc([N+](=O)[O-])cc5C)o4)c(=O)n32)cc1OC. The maximum absolute atomic E-state index is 14.0. The van der Waals surface area contributed by atoms with Crippen LogP contribution < -0.4 is 24.4 Å². The van der Waals surface area contributed by atoms with Crippen molar-refractivity contribution in [2.24, 2.45) is 4.99 Å². The van der Waals surface area contributed by atoms with Gasteiger partial charge < -0.3 is 18.6 Å². The Bertz CT molecular complexity index is 1980. The van der Waals surface area contributed by atoms with Gasteiger partial charge in [-0.15, -0.1) is 0 Å². The Labute approximate surface area is 262 Å². The van der Waals surface area contributed by atoms with E-state index in [2.05, 4.69) is 11.9 Å². The van der Waals surface area contributed by atoms with Crippen molar-refractivity contribution in [3.8, 4) is 22.8 Å². The molecule has 45 heavy (non-hydrogen) atoms. The molecule has 0 saturated heterocycles. The van der Waals surface area contributed by atoms with Crippen LogP contribution in [0.15, 0.2) is 74.0 Å². The lowest BCUT2D eigenvalue weighted by Gasteiger charge is -2.25. The number of hydrogen-bond donors (Lipinski definition) is 0. The number of nitro groups is 1. The molecule has 1 aliphatic heterocycles. The van der Waals surface area contributed by atoms with Crippen LogP contribution in [0, 0.1) is 17.0 Å². The Kier molecular flexibility index (Phi) is 9.33. The average molecular weight is 632 g/mol. The highest BCUT2D eigenvalue weighted by Gasteiger charge is 2.34. The Morgan fingerprint density at radius 3 is 2.62 bits per heavy atom. The summed E-state index contributed by atoms with van der Waals surface area (Å²) in [5.74, 6) is 1.41. The third-order valence-corrected chi connectivity index (χ3v) is 8.35. The van der Waals surface area contributed by atoms with Crippen LogP contribution in [-0.4, -0.2) is 35.8 Å². The highest BCUT2D eigenvalue weighted by Crippen LogP contribution is 2.36. The zero-order valence-corrected chi connectivity index (χ0v) is 26.4. The van der Waals surface area contributed by atoms with Crippen LogP contribution in [0.2, 0.25) is 0 Å². The van der Waals surface area contributed by atoms with Crippen LogP contribution in [0.3, 0.4) is 0 Å². The lowest BCUT2D eigenvalue weighted by Crippen LogP contribution is -2.39. The molecule has 2 aromatic heterocycles. The Morgan fingerprint density at radius 1 is 1.13 bits per heavy atom. The van der Waals surface area contributed by atoms with Crippen LogP contribution in [-0.2, 0) is 9.53 Å². The molecule has 1 atom stereocenters. The molecule has 3 heterocycles. The summed E-state index contributed by atoms with van der Waals surface area (Å²) in [7, 11) is 1.54. The number of non-ortho nitro benzene ring substituents is 1. The number of carbonyl (C=O) groups is 1. The number of ether oxygens (including phenoxy) is 3. The largest absolute Gasteiger partial charge is 0.493 e. The molecule has 11 nitrogen and oxygen atoms in total. The van der Waals surface area contributed by atoms with Gasteiger partial charge in [-0.25, -0.2) is 9.79 Å². The first-order chi connectivity index (χ1) is 21.7. The average Bonchev–Trinajstić information content (AvgIpc) is 3.60. The van der Waals surface area contributed by atoms with E-state index in [0.717, 1.165) is 12.8 Å². The monoisotopic (exact) mass is 631 g/mol. The van der Waals surface area contributed by atoms with E-state index in [1.807, 2.05) is 6.07 Å². The van der Waals surface area contributed by atoms with E-state index in [1.54, 1.807) is 64.3 Å². The van der Waals surface area contributed by atoms with E-state index in [-0.39, 0.29) is 23.4 Å². The molecule has 12 heteroatoms. The first-order valence-corrected chi connectivity index (χ1v) is 15.3. The molecule has 0 amide bonds. The number of aryl methyl sites for hydroxylation is 1. The van der Waals surface area contributed by atoms with Gasteiger partial charge in [-0.3, -0.25) is 19.5 Å². The van der Waals surface area contributed by atoms with Crippen molar-refractivity contribution in [1.29, 1.82) is 0 Å². The second-order valence-corrected chi connectivity index (χ2v) is 11.4. The second kappa shape index (κ2) is 13.3. The predicted octanol–water partition coefficient (Wildman–Crippen LogP) is 5.46. The molecule has 0 N–H and O–H groups in total. The predicted molar refractivity (Wildman–Crippen MR) is 169 cm³/mol. The zero-order valence-electron chi connectivity index (χ0n) is 25.6. The van der Waals surface area contributed by atoms with Crippen molar-refractivity contribution < 1.29 is 28.3 Å². The van der Waals surface area contributed by atoms with Gasteiger partial charge in [0, 0.05) is 23.8 Å². The number of benzene rings is 2. The number of nitrogens with zero attached hydrogens (tertiary/aromatic N) is 3. The van der Waals surface area contributed by atoms with Gasteiger partial charge >= 0.3 is 5.97 Å². The van der Waals surface area contributed by atoms with Crippen molar-refractivity contribution in [2.45, 2.75) is 46.6 Å². The van der Waals surface area contributed by atoms with E-state index < -0.39 is 16.9 Å². The summed E-state index contributed by atoms with van der Waals surface area (Å²) >= 11 is 1.18. The lowest BCUT2D eigenvalue weighted by atomic mass is 9.95. The number of fused-ring (bicyclic) bond motifs is 1. The third-order valence-electron chi connectivity index (χ3n) is 7.36. The molecule has 0 saturated carbocycles. The number of furan rings is 1. The molecular weight excluding hydrogens is 598 g/mol. The Balaban J connectivity index is 1.60. The number of thiazole rings is 1. The summed E-state index contributed by atoms with van der Waals surface area (Å²) in [5, 5.41) is 11.1. The summed E-state index contributed by atoms with van der Waals surface area (Å²) in [6, 6.07) is 12.6. The van der Waals surface area contributed by atoms with Crippen molar-refractivity contribution in [3.63, 3.8) is 0 Å². The van der Waals surface area contributed by atoms with Gasteiger partial charge in [0.2, 0.25) is 0 Å². The molecule has 1 aliphatic rings. The van der Waals surface area contributed by atoms with E-state index in [4.69, 9.17) is 18.6 Å². The summed E-state index contributed by atoms with van der Waals surface area (Å²) in [4.78, 5) is 43.0. The van der Waals surface area contributed by atoms with Crippen LogP contribution in [0.5, 0.6) is 11.5 Å². The molecule has 0 aliphatic carbocycles. The van der Waals surface area contributed by atoms with Crippen LogP contribution >= 0.6 is 11.3 Å². The van der Waals surface area contributed by atoms with Crippen LogP contribution in [0.1, 0.15) is 56.5 Å². The van der Waals surface area contributed by atoms with E-state index >= 15 is 0 Å². The normalized spacial score (nSPS) is 14.6. The van der Waals surface area contributed by atoms with Crippen molar-refractivity contribution in [3.05, 3.63) is 106 Å². The number of esters is 1. The first-order valence-electron chi connectivity index (χ1n) is 14.5. The standard InChI is InChI=1S/C33H33N3O8S/c1-6-8-15-43-26-13-9-21(17-27(26)41-5)30-29(32(38)42-7-2)20(4)34-33-35(30)31(37)28(45-33)18-23-11-14-25(44-23)24-12-10-22(36(39)40)16-19(24)3/h9-14,16-18,30H,6-8,15H2,1-5H3/b28-18+/t30-/m1/s1. The van der Waals surface area contributed by atoms with Crippen molar-refractivity contribution in [1.82, 2.24) is 4.57 Å². The summed E-state index contributed by atoms with van der Waals surface area (Å²) < 4.78 is 24.8. The van der Waals surface area contributed by atoms with Crippen LogP contribution in [0.4, 0.5) is 5.69 Å². The van der Waals surface area contributed by atoms with Gasteiger partial charge in [-0.1, -0.05) is 30.7 Å². The van der Waals surface area contributed by atoms with Crippen LogP contribution in [0.25, 0.3) is 17.4 Å². The zero-order chi connectivity index (χ0) is 32.2. The quantitative estimate of drug-likeness (QED) is 0.0922. The second-order valence-electron chi connectivity index (χ2n) is 10.4. The van der Waals surface area contributed by atoms with Gasteiger partial charge in [0.1, 0.15) is 11.5 Å². The highest BCUT2D eigenvalue weighted by molar-refractivity contribution is 7.07. The maximum Gasteiger partial charge on any atom is 0.338 e. The van der Waals surface area contributed by atoms with E-state index in [9.17, 15) is 19.7 Å². The van der Waals surface area contributed by atoms with Gasteiger partial charge in [0.05, 0.1) is 47.1 Å². The number of methoxy groups -OCH3 is 1. The molecule has 0 fully saturated rings. The van der Waals surface area contributed by atoms with Gasteiger partial charge in [0.25, 0.3) is 11.2 Å². The fraction of sp³-hybridized carbons (Fsp3) is 0.303. The molecule has 234 valence electrons. The molecule has 2 aromatic carbocycles. The van der Waals surface area contributed by atoms with E-state index in [0.29, 0.717) is 61.3 Å². The summed E-state index contributed by atoms with van der Waals surface area (Å²) in [6.45, 7) is 7.99. The highest BCUT2D eigenvalue weighted by atomic mass is 32.1. The first kappa shape index (κ1) is 31.5. The molecule has 0 bridgehead atoms. The molecule has 5 rings (SSSR count). The third kappa shape index (κ3) is 6.32. The summed E-state index contributed by atoms with van der Waals surface area (Å²) in [6.07, 6.45) is 3.50. The minimum absolute atomic E-state index is 0.00699. The number of unbranched alkanes of at least 4 members (excludes halogenated alkanes) is 1. The fourth-order valence-electron chi connectivity index (χ4n) is 5.15. The summed E-state index contributed by atoms with van der Waals surface area (Å²) in [5.41, 5.74) is 2.36. The van der Waals surface area contributed by atoms with Gasteiger partial charge in [0.15, 0.2) is 16.3 Å². The molecule has 0 spiro atoms. The molecular formula is C33H33N3O8S. The number of allylic oxidation sites excluding steroid dienone is 1. The number of aromatic nitrogens is 1. The lowest BCUT2D eigenvalue weighted by molar-refractivity contribution is -0.384. The Hall–Kier alpha value is -4.97.